The molecule has 2 aromatic carbocycles. The normalized spacial score (nSPS) is 12.3. The van der Waals surface area contributed by atoms with Crippen molar-refractivity contribution in [3.05, 3.63) is 53.1 Å². The maximum Gasteiger partial charge on any atom is 0.188 e. The molecule has 0 bridgehead atoms. The van der Waals surface area contributed by atoms with Crippen LogP contribution in [-0.4, -0.2) is 13.9 Å². The average Bonchev–Trinajstić information content (AvgIpc) is 2.51. The molecule has 0 aromatic heterocycles. The van der Waals surface area contributed by atoms with Crippen molar-refractivity contribution in [2.24, 2.45) is 0 Å². The van der Waals surface area contributed by atoms with E-state index in [9.17, 15) is 0 Å². The van der Waals surface area contributed by atoms with Gasteiger partial charge in [0.2, 0.25) is 0 Å². The zero-order chi connectivity index (χ0) is 18.8. The molecular formula is C23H32O2. The Balaban J connectivity index is 2.84. The molecule has 0 amide bonds. The third-order valence-corrected chi connectivity index (χ3v) is 4.52. The molecule has 0 spiro atoms. The van der Waals surface area contributed by atoms with E-state index in [1.54, 1.807) is 7.11 Å². The minimum atomic E-state index is -0.0260. The molecule has 0 aliphatic heterocycles. The third kappa shape index (κ3) is 4.43. The second-order valence-electron chi connectivity index (χ2n) is 8.77. The lowest BCUT2D eigenvalue weighted by Gasteiger charge is -2.29. The van der Waals surface area contributed by atoms with Crippen LogP contribution >= 0.6 is 0 Å². The lowest BCUT2D eigenvalue weighted by Crippen LogP contribution is -2.19. The van der Waals surface area contributed by atoms with Crippen LogP contribution in [0.3, 0.4) is 0 Å². The monoisotopic (exact) mass is 340 g/mol. The van der Waals surface area contributed by atoms with Crippen LogP contribution in [0.1, 0.15) is 58.2 Å². The summed E-state index contributed by atoms with van der Waals surface area (Å²) in [6.07, 6.45) is 0. The summed E-state index contributed by atoms with van der Waals surface area (Å²) in [5.41, 5.74) is 6.18. The predicted octanol–water partition coefficient (Wildman–Crippen LogP) is 6.24. The van der Waals surface area contributed by atoms with Crippen LogP contribution in [0, 0.1) is 6.92 Å². The molecule has 136 valence electrons. The van der Waals surface area contributed by atoms with Gasteiger partial charge in [-0.2, -0.15) is 0 Å². The van der Waals surface area contributed by atoms with E-state index in [0.29, 0.717) is 0 Å². The fraction of sp³-hybridized carbons (Fsp3) is 0.478. The van der Waals surface area contributed by atoms with Crippen LogP contribution in [0.25, 0.3) is 11.1 Å². The van der Waals surface area contributed by atoms with Gasteiger partial charge in [0.25, 0.3) is 0 Å². The molecule has 0 fully saturated rings. The quantitative estimate of drug-likeness (QED) is 0.613. The first-order valence-electron chi connectivity index (χ1n) is 8.92. The lowest BCUT2D eigenvalue weighted by atomic mass is 9.78. The molecule has 0 aliphatic carbocycles. The number of rotatable bonds is 4. The lowest BCUT2D eigenvalue weighted by molar-refractivity contribution is 0.0502. The van der Waals surface area contributed by atoms with Crippen molar-refractivity contribution in [1.82, 2.24) is 0 Å². The van der Waals surface area contributed by atoms with Gasteiger partial charge in [0.05, 0.1) is 0 Å². The summed E-state index contributed by atoms with van der Waals surface area (Å²) in [7, 11) is 1.66. The molecule has 0 saturated carbocycles. The Morgan fingerprint density at radius 2 is 1.48 bits per heavy atom. The first-order valence-corrected chi connectivity index (χ1v) is 8.92. The second kappa shape index (κ2) is 7.21. The van der Waals surface area contributed by atoms with E-state index >= 15 is 0 Å². The van der Waals surface area contributed by atoms with Gasteiger partial charge < -0.3 is 9.47 Å². The highest BCUT2D eigenvalue weighted by molar-refractivity contribution is 5.76. The Bertz CT molecular complexity index is 731. The predicted molar refractivity (Wildman–Crippen MR) is 107 cm³/mol. The van der Waals surface area contributed by atoms with Crippen LogP contribution in [0.2, 0.25) is 0 Å². The highest BCUT2D eigenvalue weighted by Gasteiger charge is 2.27. The smallest absolute Gasteiger partial charge is 0.188 e. The molecule has 0 atom stereocenters. The summed E-state index contributed by atoms with van der Waals surface area (Å²) in [5.74, 6) is 0.927. The van der Waals surface area contributed by atoms with E-state index in [-0.39, 0.29) is 17.6 Å². The van der Waals surface area contributed by atoms with Crippen molar-refractivity contribution in [2.75, 3.05) is 13.9 Å². The highest BCUT2D eigenvalue weighted by Crippen LogP contribution is 2.43. The number of methoxy groups -OCH3 is 1. The third-order valence-electron chi connectivity index (χ3n) is 4.52. The van der Waals surface area contributed by atoms with Crippen LogP contribution in [0.15, 0.2) is 36.4 Å². The van der Waals surface area contributed by atoms with Crippen molar-refractivity contribution in [2.45, 2.75) is 59.3 Å². The van der Waals surface area contributed by atoms with Gasteiger partial charge >= 0.3 is 0 Å². The molecular weight excluding hydrogens is 308 g/mol. The maximum atomic E-state index is 6.10. The number of benzene rings is 2. The molecule has 2 rings (SSSR count). The number of ether oxygens (including phenoxy) is 2. The minimum Gasteiger partial charge on any atom is -0.467 e. The highest BCUT2D eigenvalue weighted by atomic mass is 16.7. The molecule has 2 heteroatoms. The van der Waals surface area contributed by atoms with Crippen molar-refractivity contribution in [3.8, 4) is 16.9 Å². The zero-order valence-corrected chi connectivity index (χ0v) is 17.0. The van der Waals surface area contributed by atoms with Gasteiger partial charge in [-0.25, -0.2) is 0 Å². The van der Waals surface area contributed by atoms with Crippen molar-refractivity contribution in [3.63, 3.8) is 0 Å². The van der Waals surface area contributed by atoms with Crippen LogP contribution in [-0.2, 0) is 15.6 Å². The van der Waals surface area contributed by atoms with Gasteiger partial charge in [-0.1, -0.05) is 71.9 Å². The molecule has 0 unspecified atom stereocenters. The van der Waals surface area contributed by atoms with Gasteiger partial charge in [0.15, 0.2) is 6.79 Å². The summed E-state index contributed by atoms with van der Waals surface area (Å²) in [5, 5.41) is 0. The number of hydrogen-bond acceptors (Lipinski definition) is 2. The molecule has 2 nitrogen and oxygen atoms in total. The molecule has 0 radical (unpaired) electrons. The Morgan fingerprint density at radius 3 is 2.00 bits per heavy atom. The van der Waals surface area contributed by atoms with E-state index in [1.165, 1.54) is 22.3 Å². The van der Waals surface area contributed by atoms with E-state index in [2.05, 4.69) is 84.9 Å². The largest absolute Gasteiger partial charge is 0.467 e. The standard InChI is InChI=1S/C23H32O2/c1-16-11-9-10-12-18(16)19-13-17(22(2,3)4)14-20(23(5,6)7)21(19)25-15-24-8/h9-14H,15H2,1-8H3. The van der Waals surface area contributed by atoms with Crippen LogP contribution in [0.4, 0.5) is 0 Å². The summed E-state index contributed by atoms with van der Waals surface area (Å²) < 4.78 is 11.3. The summed E-state index contributed by atoms with van der Waals surface area (Å²) in [6.45, 7) is 15.9. The molecule has 0 saturated heterocycles. The number of hydrogen-bond donors (Lipinski definition) is 0. The fourth-order valence-corrected chi connectivity index (χ4v) is 2.97. The van der Waals surface area contributed by atoms with Crippen LogP contribution in [0.5, 0.6) is 5.75 Å². The summed E-state index contributed by atoms with van der Waals surface area (Å²) in [6, 6.07) is 13.1. The van der Waals surface area contributed by atoms with Gasteiger partial charge in [-0.3, -0.25) is 0 Å². The molecule has 2 aromatic rings. The van der Waals surface area contributed by atoms with E-state index in [1.807, 2.05) is 0 Å². The molecule has 0 N–H and O–H groups in total. The van der Waals surface area contributed by atoms with Gasteiger partial charge in [0.1, 0.15) is 5.75 Å². The Morgan fingerprint density at radius 1 is 0.840 bits per heavy atom. The Hall–Kier alpha value is -1.80. The van der Waals surface area contributed by atoms with E-state index in [0.717, 1.165) is 11.3 Å². The molecule has 0 heterocycles. The first kappa shape index (κ1) is 19.5. The topological polar surface area (TPSA) is 18.5 Å². The Kier molecular flexibility index (Phi) is 5.63. The maximum absolute atomic E-state index is 6.10. The SMILES string of the molecule is COCOc1c(-c2ccccc2C)cc(C(C)(C)C)cc1C(C)(C)C. The van der Waals surface area contributed by atoms with Crippen molar-refractivity contribution < 1.29 is 9.47 Å². The van der Waals surface area contributed by atoms with Crippen molar-refractivity contribution in [1.29, 1.82) is 0 Å². The second-order valence-corrected chi connectivity index (χ2v) is 8.77. The molecule has 25 heavy (non-hydrogen) atoms. The first-order chi connectivity index (χ1) is 11.6. The number of aryl methyl sites for hydroxylation is 1. The summed E-state index contributed by atoms with van der Waals surface area (Å²) >= 11 is 0. The van der Waals surface area contributed by atoms with E-state index in [4.69, 9.17) is 9.47 Å². The van der Waals surface area contributed by atoms with Gasteiger partial charge in [-0.05, 0) is 40.5 Å². The van der Waals surface area contributed by atoms with Gasteiger partial charge in [-0.15, -0.1) is 0 Å². The van der Waals surface area contributed by atoms with E-state index < -0.39 is 0 Å². The average molecular weight is 341 g/mol. The zero-order valence-electron chi connectivity index (χ0n) is 17.0. The molecule has 0 aliphatic rings. The minimum absolute atomic E-state index is 0.0260. The fourth-order valence-electron chi connectivity index (χ4n) is 2.97. The Labute approximate surface area is 153 Å². The summed E-state index contributed by atoms with van der Waals surface area (Å²) in [4.78, 5) is 0. The van der Waals surface area contributed by atoms with Gasteiger partial charge in [0, 0.05) is 18.2 Å². The van der Waals surface area contributed by atoms with Crippen LogP contribution < -0.4 is 4.74 Å². The van der Waals surface area contributed by atoms with Crippen molar-refractivity contribution >= 4 is 0 Å².